The summed E-state index contributed by atoms with van der Waals surface area (Å²) in [7, 11) is 0. The number of aromatic nitrogens is 3. The van der Waals surface area contributed by atoms with Crippen LogP contribution in [-0.4, -0.2) is 65.4 Å². The molecule has 1 aliphatic heterocycles. The van der Waals surface area contributed by atoms with E-state index in [1.165, 1.54) is 0 Å². The van der Waals surface area contributed by atoms with Crippen LogP contribution in [0.25, 0.3) is 32.7 Å². The summed E-state index contributed by atoms with van der Waals surface area (Å²) >= 11 is 0. The van der Waals surface area contributed by atoms with Crippen LogP contribution in [0.4, 0.5) is 0 Å². The van der Waals surface area contributed by atoms with Crippen molar-refractivity contribution in [2.45, 2.75) is 6.42 Å². The standard InChI is InChI=1S/C21H23N5O2/c27-21(22-6-1-7-26-8-10-28-11-9-26)14-2-4-16-17-5-3-15-13-23-25-19(15)20(17)24-18(16)12-14/h2-5,12-13,23,25H,1,6-11H2,(H,22,27). The molecule has 1 saturated heterocycles. The van der Waals surface area contributed by atoms with Crippen LogP contribution in [0.5, 0.6) is 0 Å². The molecule has 1 amide bonds. The van der Waals surface area contributed by atoms with Gasteiger partial charge in [0.2, 0.25) is 0 Å². The molecular formula is C21H23N5O2. The summed E-state index contributed by atoms with van der Waals surface area (Å²) in [4.78, 5) is 19.7. The largest absolute Gasteiger partial charge is 0.379 e. The van der Waals surface area contributed by atoms with Crippen molar-refractivity contribution in [3.8, 4) is 0 Å². The number of ether oxygens (including phenoxy) is 1. The maximum Gasteiger partial charge on any atom is 0.251 e. The Morgan fingerprint density at radius 2 is 2.04 bits per heavy atom. The molecule has 1 fully saturated rings. The van der Waals surface area contributed by atoms with Crippen molar-refractivity contribution >= 4 is 38.6 Å². The molecule has 0 aliphatic carbocycles. The average molecular weight is 377 g/mol. The number of aromatic amines is 2. The zero-order valence-electron chi connectivity index (χ0n) is 15.6. The molecule has 1 aliphatic rings. The van der Waals surface area contributed by atoms with E-state index in [0.717, 1.165) is 72.0 Å². The molecule has 144 valence electrons. The van der Waals surface area contributed by atoms with E-state index in [-0.39, 0.29) is 5.91 Å². The molecule has 0 spiro atoms. The number of benzene rings is 2. The molecule has 0 saturated carbocycles. The van der Waals surface area contributed by atoms with Gasteiger partial charge >= 0.3 is 0 Å². The van der Waals surface area contributed by atoms with E-state index in [9.17, 15) is 4.79 Å². The second kappa shape index (κ2) is 7.26. The topological polar surface area (TPSA) is 86.0 Å². The third-order valence-electron chi connectivity index (χ3n) is 5.46. The number of carbonyl (C=O) groups is 1. The Labute approximate surface area is 162 Å². The fraction of sp³-hybridized carbons (Fsp3) is 0.333. The lowest BCUT2D eigenvalue weighted by Gasteiger charge is -2.26. The van der Waals surface area contributed by atoms with Gasteiger partial charge in [-0.3, -0.25) is 14.8 Å². The lowest BCUT2D eigenvalue weighted by atomic mass is 10.1. The fourth-order valence-electron chi connectivity index (χ4n) is 3.92. The molecule has 3 heterocycles. The second-order valence-electron chi connectivity index (χ2n) is 7.25. The average Bonchev–Trinajstić information content (AvgIpc) is 3.35. The van der Waals surface area contributed by atoms with Gasteiger partial charge in [0.05, 0.1) is 29.8 Å². The molecular weight excluding hydrogens is 354 g/mol. The Hall–Kier alpha value is -2.90. The molecule has 5 rings (SSSR count). The van der Waals surface area contributed by atoms with Crippen LogP contribution < -0.4 is 5.32 Å². The number of morpholine rings is 1. The first-order valence-electron chi connectivity index (χ1n) is 9.76. The van der Waals surface area contributed by atoms with Gasteiger partial charge in [0.25, 0.3) is 5.91 Å². The highest BCUT2D eigenvalue weighted by molar-refractivity contribution is 6.16. The number of hydrogen-bond acceptors (Lipinski definition) is 4. The van der Waals surface area contributed by atoms with Crippen molar-refractivity contribution in [1.29, 1.82) is 0 Å². The third-order valence-corrected chi connectivity index (χ3v) is 5.46. The summed E-state index contributed by atoms with van der Waals surface area (Å²) in [5.41, 5.74) is 3.41. The van der Waals surface area contributed by atoms with E-state index in [1.54, 1.807) is 0 Å². The van der Waals surface area contributed by atoms with Gasteiger partial charge in [-0.15, -0.1) is 0 Å². The normalized spacial score (nSPS) is 15.6. The van der Waals surface area contributed by atoms with Gasteiger partial charge in [0.1, 0.15) is 0 Å². The molecule has 4 aromatic rings. The summed E-state index contributed by atoms with van der Waals surface area (Å²) in [6.45, 7) is 5.23. The maximum atomic E-state index is 12.5. The molecule has 0 bridgehead atoms. The van der Waals surface area contributed by atoms with Gasteiger partial charge in [0.15, 0.2) is 0 Å². The summed E-state index contributed by atoms with van der Waals surface area (Å²) in [6.07, 6.45) is 2.86. The number of carbonyl (C=O) groups excluding carboxylic acids is 1. The minimum absolute atomic E-state index is 0.0470. The van der Waals surface area contributed by atoms with E-state index in [0.29, 0.717) is 12.1 Å². The Kier molecular flexibility index (Phi) is 4.46. The van der Waals surface area contributed by atoms with Crippen molar-refractivity contribution in [2.75, 3.05) is 39.4 Å². The molecule has 7 nitrogen and oxygen atoms in total. The van der Waals surface area contributed by atoms with Gasteiger partial charge in [-0.25, -0.2) is 4.98 Å². The smallest absolute Gasteiger partial charge is 0.251 e. The highest BCUT2D eigenvalue weighted by atomic mass is 16.5. The first kappa shape index (κ1) is 17.2. The maximum absolute atomic E-state index is 12.5. The molecule has 0 unspecified atom stereocenters. The predicted octanol–water partition coefficient (Wildman–Crippen LogP) is 2.65. The Balaban J connectivity index is 1.30. The number of nitrogens with one attached hydrogen (secondary N) is 3. The fourth-order valence-corrected chi connectivity index (χ4v) is 3.92. The third kappa shape index (κ3) is 3.12. The van der Waals surface area contributed by atoms with E-state index < -0.39 is 0 Å². The summed E-state index contributed by atoms with van der Waals surface area (Å²) in [5, 5.41) is 12.4. The Bertz CT molecular complexity index is 1140. The highest BCUT2D eigenvalue weighted by Gasteiger charge is 2.13. The van der Waals surface area contributed by atoms with Crippen molar-refractivity contribution in [3.05, 3.63) is 42.1 Å². The van der Waals surface area contributed by atoms with Crippen molar-refractivity contribution in [1.82, 2.24) is 25.4 Å². The zero-order valence-corrected chi connectivity index (χ0v) is 15.6. The molecule has 3 N–H and O–H groups in total. The van der Waals surface area contributed by atoms with Gasteiger partial charge in [-0.2, -0.15) is 0 Å². The van der Waals surface area contributed by atoms with E-state index in [1.807, 2.05) is 24.4 Å². The van der Waals surface area contributed by atoms with Crippen LogP contribution in [0.2, 0.25) is 0 Å². The second-order valence-corrected chi connectivity index (χ2v) is 7.25. The van der Waals surface area contributed by atoms with E-state index >= 15 is 0 Å². The van der Waals surface area contributed by atoms with E-state index in [4.69, 9.17) is 9.72 Å². The van der Waals surface area contributed by atoms with Crippen LogP contribution >= 0.6 is 0 Å². The number of hydrogen-bond donors (Lipinski definition) is 3. The van der Waals surface area contributed by atoms with Gasteiger partial charge < -0.3 is 15.2 Å². The molecule has 28 heavy (non-hydrogen) atoms. The molecule has 0 atom stereocenters. The van der Waals surface area contributed by atoms with Gasteiger partial charge in [0, 0.05) is 47.6 Å². The Morgan fingerprint density at radius 1 is 1.18 bits per heavy atom. The first-order valence-corrected chi connectivity index (χ1v) is 9.76. The molecule has 2 aromatic carbocycles. The number of nitrogens with zero attached hydrogens (tertiary/aromatic N) is 2. The van der Waals surface area contributed by atoms with Crippen LogP contribution in [0.1, 0.15) is 16.8 Å². The van der Waals surface area contributed by atoms with E-state index in [2.05, 4.69) is 32.5 Å². The first-order chi connectivity index (χ1) is 13.8. The molecule has 7 heteroatoms. The Morgan fingerprint density at radius 3 is 2.93 bits per heavy atom. The van der Waals surface area contributed by atoms with Crippen LogP contribution in [0.15, 0.2) is 36.5 Å². The zero-order chi connectivity index (χ0) is 18.9. The van der Waals surface area contributed by atoms with Crippen molar-refractivity contribution in [2.24, 2.45) is 0 Å². The number of H-pyrrole nitrogens is 2. The van der Waals surface area contributed by atoms with Crippen LogP contribution in [-0.2, 0) is 4.74 Å². The van der Waals surface area contributed by atoms with Crippen LogP contribution in [0, 0.1) is 0 Å². The van der Waals surface area contributed by atoms with Crippen molar-refractivity contribution < 1.29 is 9.53 Å². The van der Waals surface area contributed by atoms with Gasteiger partial charge in [-0.1, -0.05) is 18.2 Å². The monoisotopic (exact) mass is 377 g/mol. The lowest BCUT2D eigenvalue weighted by molar-refractivity contribution is 0.0374. The minimum Gasteiger partial charge on any atom is -0.379 e. The minimum atomic E-state index is -0.0470. The quantitative estimate of drug-likeness (QED) is 0.467. The predicted molar refractivity (Wildman–Crippen MR) is 110 cm³/mol. The van der Waals surface area contributed by atoms with Crippen LogP contribution in [0.3, 0.4) is 0 Å². The molecule has 2 aromatic heterocycles. The lowest BCUT2D eigenvalue weighted by Crippen LogP contribution is -2.38. The summed E-state index contributed by atoms with van der Waals surface area (Å²) < 4.78 is 5.36. The summed E-state index contributed by atoms with van der Waals surface area (Å²) in [6, 6.07) is 9.91. The van der Waals surface area contributed by atoms with Crippen molar-refractivity contribution in [3.63, 3.8) is 0 Å². The number of fused-ring (bicyclic) bond motifs is 5. The SMILES string of the molecule is O=C(NCCCN1CCOCC1)c1ccc2c(c1)nc1c2ccc2c[nH][nH]c21. The van der Waals surface area contributed by atoms with Gasteiger partial charge in [-0.05, 0) is 25.1 Å². The molecule has 0 radical (unpaired) electrons. The number of amides is 1. The summed E-state index contributed by atoms with van der Waals surface area (Å²) in [5.74, 6) is -0.0470. The number of rotatable bonds is 5. The highest BCUT2D eigenvalue weighted by Crippen LogP contribution is 2.30.